The number of H-pyrrole nitrogens is 1. The number of para-hydroxylation sites is 1. The lowest BCUT2D eigenvalue weighted by atomic mass is 9.91. The number of aromatic amines is 1. The van der Waals surface area contributed by atoms with Gasteiger partial charge in [0.05, 0.1) is 18.2 Å². The molecule has 0 saturated heterocycles. The van der Waals surface area contributed by atoms with Crippen LogP contribution in [0.15, 0.2) is 71.3 Å². The van der Waals surface area contributed by atoms with Crippen LogP contribution in [-0.2, 0) is 4.79 Å². The molecule has 172 valence electrons. The van der Waals surface area contributed by atoms with E-state index in [9.17, 15) is 4.79 Å². The van der Waals surface area contributed by atoms with Gasteiger partial charge in [0.2, 0.25) is 5.91 Å². The molecule has 34 heavy (non-hydrogen) atoms. The number of aromatic nitrogens is 3. The highest BCUT2D eigenvalue weighted by atomic mass is 32.2. The number of anilines is 1. The number of hydrogen-bond donors (Lipinski definition) is 3. The molecule has 1 unspecified atom stereocenters. The topological polar surface area (TPSA) is 106 Å². The van der Waals surface area contributed by atoms with Crippen LogP contribution in [0.25, 0.3) is 21.1 Å². The Morgan fingerprint density at radius 3 is 2.79 bits per heavy atom. The van der Waals surface area contributed by atoms with Crippen LogP contribution >= 0.6 is 23.1 Å². The summed E-state index contributed by atoms with van der Waals surface area (Å²) in [7, 11) is 1.65. The van der Waals surface area contributed by atoms with Crippen LogP contribution in [0.5, 0.6) is 5.75 Å². The van der Waals surface area contributed by atoms with Crippen molar-refractivity contribution < 1.29 is 9.53 Å². The van der Waals surface area contributed by atoms with Crippen LogP contribution < -0.4 is 15.8 Å². The van der Waals surface area contributed by atoms with Crippen molar-refractivity contribution in [3.05, 3.63) is 77.3 Å². The monoisotopic (exact) mass is 489 g/mol. The van der Waals surface area contributed by atoms with Crippen molar-refractivity contribution in [1.29, 1.82) is 0 Å². The van der Waals surface area contributed by atoms with Crippen molar-refractivity contribution in [1.82, 2.24) is 20.3 Å². The average molecular weight is 490 g/mol. The van der Waals surface area contributed by atoms with Gasteiger partial charge in [0.25, 0.3) is 0 Å². The molecular formula is C25H23N5O2S2. The van der Waals surface area contributed by atoms with E-state index in [4.69, 9.17) is 10.5 Å². The molecule has 3 aromatic heterocycles. The molecule has 4 N–H and O–H groups in total. The Labute approximate surface area is 204 Å². The maximum Gasteiger partial charge on any atom is 0.230 e. The number of benzene rings is 2. The average Bonchev–Trinajstić information content (AvgIpc) is 3.51. The van der Waals surface area contributed by atoms with Gasteiger partial charge in [-0.15, -0.1) is 11.3 Å². The predicted octanol–water partition coefficient (Wildman–Crippen LogP) is 4.80. The quantitative estimate of drug-likeness (QED) is 0.213. The minimum Gasteiger partial charge on any atom is -0.497 e. The van der Waals surface area contributed by atoms with Crippen LogP contribution in [-0.4, -0.2) is 40.3 Å². The number of hydrogen-bond acceptors (Lipinski definition) is 7. The smallest absolute Gasteiger partial charge is 0.230 e. The molecular weight excluding hydrogens is 466 g/mol. The molecule has 7 nitrogen and oxygen atoms in total. The fourth-order valence-corrected chi connectivity index (χ4v) is 5.46. The second-order valence-corrected chi connectivity index (χ2v) is 9.58. The molecule has 0 aliphatic heterocycles. The van der Waals surface area contributed by atoms with Gasteiger partial charge in [0, 0.05) is 29.6 Å². The lowest BCUT2D eigenvalue weighted by molar-refractivity contribution is -0.118. The Bertz CT molecular complexity index is 1450. The number of methoxy groups -OCH3 is 1. The minimum atomic E-state index is -0.0863. The molecule has 9 heteroatoms. The van der Waals surface area contributed by atoms with Crippen LogP contribution in [0.3, 0.4) is 0 Å². The molecule has 0 aliphatic rings. The first-order chi connectivity index (χ1) is 16.6. The van der Waals surface area contributed by atoms with Gasteiger partial charge < -0.3 is 20.8 Å². The summed E-state index contributed by atoms with van der Waals surface area (Å²) in [5.41, 5.74) is 9.31. The van der Waals surface area contributed by atoms with Crippen molar-refractivity contribution >= 4 is 55.9 Å². The highest BCUT2D eigenvalue weighted by Crippen LogP contribution is 2.31. The number of thioether (sulfide) groups is 1. The van der Waals surface area contributed by atoms with E-state index in [1.54, 1.807) is 7.11 Å². The largest absolute Gasteiger partial charge is 0.497 e. The molecule has 0 spiro atoms. The lowest BCUT2D eigenvalue weighted by Crippen LogP contribution is -2.30. The molecule has 0 saturated carbocycles. The summed E-state index contributed by atoms with van der Waals surface area (Å²) in [6.45, 7) is 0.459. The molecule has 2 aromatic carbocycles. The molecule has 1 amide bonds. The molecule has 3 heterocycles. The Morgan fingerprint density at radius 2 is 1.97 bits per heavy atom. The van der Waals surface area contributed by atoms with E-state index in [-0.39, 0.29) is 17.6 Å². The minimum absolute atomic E-state index is 0.0228. The second-order valence-electron chi connectivity index (χ2n) is 7.74. The third-order valence-electron chi connectivity index (χ3n) is 5.68. The second kappa shape index (κ2) is 9.74. The van der Waals surface area contributed by atoms with Crippen LogP contribution in [0.2, 0.25) is 0 Å². The van der Waals surface area contributed by atoms with Crippen LogP contribution in [0.4, 0.5) is 5.82 Å². The van der Waals surface area contributed by atoms with E-state index in [1.165, 1.54) is 23.1 Å². The number of nitrogens with zero attached hydrogens (tertiary/aromatic N) is 2. The first-order valence-electron chi connectivity index (χ1n) is 10.7. The number of carbonyl (C=O) groups is 1. The Hall–Kier alpha value is -3.56. The van der Waals surface area contributed by atoms with E-state index < -0.39 is 0 Å². The Morgan fingerprint density at radius 1 is 1.15 bits per heavy atom. The molecule has 0 radical (unpaired) electrons. The third-order valence-corrected chi connectivity index (χ3v) is 7.34. The molecule has 0 aliphatic carbocycles. The van der Waals surface area contributed by atoms with Gasteiger partial charge >= 0.3 is 0 Å². The van der Waals surface area contributed by atoms with Gasteiger partial charge in [-0.25, -0.2) is 9.97 Å². The standard InChI is InChI=1S/C25H23N5O2S2/c1-32-16-8-6-15(7-9-16)19(20-13-27-21-5-3-2-4-17(20)21)12-28-22(31)14-34-25-29-23(26)18-10-11-33-24(18)30-25/h2-11,13,19,27H,12,14H2,1H3,(H,28,31)(H2,26,29,30). The van der Waals surface area contributed by atoms with E-state index in [2.05, 4.69) is 32.4 Å². The van der Waals surface area contributed by atoms with Crippen LogP contribution in [0, 0.1) is 0 Å². The van der Waals surface area contributed by atoms with Crippen molar-refractivity contribution in [3.8, 4) is 5.75 Å². The van der Waals surface area contributed by atoms with Gasteiger partial charge in [-0.3, -0.25) is 4.79 Å². The van der Waals surface area contributed by atoms with E-state index in [0.717, 1.165) is 38.0 Å². The number of thiophene rings is 1. The van der Waals surface area contributed by atoms with Crippen molar-refractivity contribution in [2.75, 3.05) is 25.1 Å². The SMILES string of the molecule is COc1ccc(C(CNC(=O)CSc2nc(N)c3ccsc3n2)c2c[nH]c3ccccc23)cc1. The highest BCUT2D eigenvalue weighted by molar-refractivity contribution is 7.99. The number of nitrogen functional groups attached to an aromatic ring is 1. The summed E-state index contributed by atoms with van der Waals surface area (Å²) in [6.07, 6.45) is 2.02. The van der Waals surface area contributed by atoms with E-state index >= 15 is 0 Å². The zero-order chi connectivity index (χ0) is 23.5. The van der Waals surface area contributed by atoms with E-state index in [0.29, 0.717) is 17.5 Å². The molecule has 1 atom stereocenters. The maximum atomic E-state index is 12.7. The highest BCUT2D eigenvalue weighted by Gasteiger charge is 2.19. The summed E-state index contributed by atoms with van der Waals surface area (Å²) >= 11 is 2.79. The number of carbonyl (C=O) groups excluding carboxylic acids is 1. The first-order valence-corrected chi connectivity index (χ1v) is 12.6. The number of nitrogens with two attached hydrogens (primary N) is 1. The fourth-order valence-electron chi connectivity index (χ4n) is 3.95. The van der Waals surface area contributed by atoms with Crippen molar-refractivity contribution in [2.45, 2.75) is 11.1 Å². The zero-order valence-electron chi connectivity index (χ0n) is 18.4. The summed E-state index contributed by atoms with van der Waals surface area (Å²) in [5.74, 6) is 1.33. The van der Waals surface area contributed by atoms with E-state index in [1.807, 2.05) is 54.0 Å². The summed E-state index contributed by atoms with van der Waals surface area (Å²) in [5, 5.41) is 7.51. The van der Waals surface area contributed by atoms with Gasteiger partial charge in [-0.2, -0.15) is 0 Å². The summed E-state index contributed by atoms with van der Waals surface area (Å²) in [4.78, 5) is 25.7. The van der Waals surface area contributed by atoms with Crippen molar-refractivity contribution in [2.24, 2.45) is 0 Å². The lowest BCUT2D eigenvalue weighted by Gasteiger charge is -2.18. The van der Waals surface area contributed by atoms with Crippen molar-refractivity contribution in [3.63, 3.8) is 0 Å². The predicted molar refractivity (Wildman–Crippen MR) is 139 cm³/mol. The Balaban J connectivity index is 1.32. The molecule has 0 fully saturated rings. The zero-order valence-corrected chi connectivity index (χ0v) is 20.1. The Kier molecular flexibility index (Phi) is 6.37. The number of nitrogens with one attached hydrogen (secondary N) is 2. The number of amides is 1. The number of rotatable bonds is 8. The van der Waals surface area contributed by atoms with Gasteiger partial charge in [-0.05, 0) is 40.8 Å². The fraction of sp³-hybridized carbons (Fsp3) is 0.160. The molecule has 5 aromatic rings. The molecule has 5 rings (SSSR count). The first kappa shape index (κ1) is 22.2. The normalized spacial score (nSPS) is 12.1. The van der Waals surface area contributed by atoms with Gasteiger partial charge in [0.1, 0.15) is 16.4 Å². The maximum absolute atomic E-state index is 12.7. The third kappa shape index (κ3) is 4.57. The van der Waals surface area contributed by atoms with Gasteiger partial charge in [-0.1, -0.05) is 42.1 Å². The molecule has 0 bridgehead atoms. The number of fused-ring (bicyclic) bond motifs is 2. The summed E-state index contributed by atoms with van der Waals surface area (Å²) in [6, 6.07) is 18.0. The van der Waals surface area contributed by atoms with Gasteiger partial charge in [0.15, 0.2) is 5.16 Å². The number of ether oxygens (including phenoxy) is 1. The van der Waals surface area contributed by atoms with Crippen LogP contribution in [0.1, 0.15) is 17.0 Å². The summed E-state index contributed by atoms with van der Waals surface area (Å²) < 4.78 is 5.31.